The average molecular weight is 159 g/mol. The van der Waals surface area contributed by atoms with Gasteiger partial charge in [-0.2, -0.15) is 0 Å². The molecular formula is C8H17NO2. The van der Waals surface area contributed by atoms with Crippen LogP contribution < -0.4 is 5.73 Å². The first-order valence-electron chi connectivity index (χ1n) is 3.95. The SMILES string of the molecule is CCOCC(=O)[C@H](N)C(C)C. The third kappa shape index (κ3) is 4.11. The first kappa shape index (κ1) is 10.6. The first-order chi connectivity index (χ1) is 5.09. The molecule has 2 N–H and O–H groups in total. The van der Waals surface area contributed by atoms with Crippen molar-refractivity contribution in [1.82, 2.24) is 0 Å². The lowest BCUT2D eigenvalue weighted by atomic mass is 10.0. The van der Waals surface area contributed by atoms with Crippen LogP contribution in [0.5, 0.6) is 0 Å². The molecule has 0 unspecified atom stereocenters. The molecule has 0 heterocycles. The molecular weight excluding hydrogens is 142 g/mol. The summed E-state index contributed by atoms with van der Waals surface area (Å²) in [6.07, 6.45) is 0. The Morgan fingerprint density at radius 1 is 1.55 bits per heavy atom. The molecule has 0 saturated carbocycles. The van der Waals surface area contributed by atoms with Gasteiger partial charge >= 0.3 is 0 Å². The zero-order valence-corrected chi connectivity index (χ0v) is 7.46. The maximum atomic E-state index is 11.1. The van der Waals surface area contributed by atoms with Gasteiger partial charge in [0.1, 0.15) is 6.61 Å². The van der Waals surface area contributed by atoms with Crippen molar-refractivity contribution in [2.75, 3.05) is 13.2 Å². The number of hydrogen-bond donors (Lipinski definition) is 1. The minimum absolute atomic E-state index is 0.0122. The largest absolute Gasteiger partial charge is 0.374 e. The van der Waals surface area contributed by atoms with Gasteiger partial charge in [-0.1, -0.05) is 13.8 Å². The van der Waals surface area contributed by atoms with Crippen LogP contribution in [0.2, 0.25) is 0 Å². The van der Waals surface area contributed by atoms with E-state index in [1.807, 2.05) is 20.8 Å². The van der Waals surface area contributed by atoms with E-state index >= 15 is 0 Å². The van der Waals surface area contributed by atoms with Crippen molar-refractivity contribution in [3.63, 3.8) is 0 Å². The maximum Gasteiger partial charge on any atom is 0.175 e. The molecule has 0 fully saturated rings. The van der Waals surface area contributed by atoms with Crippen molar-refractivity contribution >= 4 is 5.78 Å². The van der Waals surface area contributed by atoms with Gasteiger partial charge in [0, 0.05) is 6.61 Å². The molecule has 1 atom stereocenters. The molecule has 0 aromatic rings. The fourth-order valence-corrected chi connectivity index (χ4v) is 0.671. The van der Waals surface area contributed by atoms with Gasteiger partial charge in [-0.3, -0.25) is 4.79 Å². The van der Waals surface area contributed by atoms with E-state index in [0.717, 1.165) is 0 Å². The van der Waals surface area contributed by atoms with Gasteiger partial charge in [0.2, 0.25) is 0 Å². The van der Waals surface area contributed by atoms with E-state index in [1.54, 1.807) is 0 Å². The Bertz CT molecular complexity index is 123. The highest BCUT2D eigenvalue weighted by Gasteiger charge is 2.16. The summed E-state index contributed by atoms with van der Waals surface area (Å²) in [6.45, 7) is 6.42. The molecule has 0 rings (SSSR count). The van der Waals surface area contributed by atoms with Crippen LogP contribution in [-0.2, 0) is 9.53 Å². The molecule has 0 aliphatic carbocycles. The number of nitrogens with two attached hydrogens (primary N) is 1. The van der Waals surface area contributed by atoms with E-state index in [2.05, 4.69) is 0 Å². The number of carbonyl (C=O) groups excluding carboxylic acids is 1. The quantitative estimate of drug-likeness (QED) is 0.638. The highest BCUT2D eigenvalue weighted by molar-refractivity contribution is 5.85. The monoisotopic (exact) mass is 159 g/mol. The molecule has 0 aromatic carbocycles. The van der Waals surface area contributed by atoms with Crippen LogP contribution in [0.1, 0.15) is 20.8 Å². The molecule has 0 aliphatic rings. The first-order valence-corrected chi connectivity index (χ1v) is 3.95. The topological polar surface area (TPSA) is 52.3 Å². The van der Waals surface area contributed by atoms with Crippen molar-refractivity contribution in [3.8, 4) is 0 Å². The van der Waals surface area contributed by atoms with Gasteiger partial charge in [0.05, 0.1) is 6.04 Å². The summed E-state index contributed by atoms with van der Waals surface area (Å²) in [5.41, 5.74) is 5.57. The fraction of sp³-hybridized carbons (Fsp3) is 0.875. The van der Waals surface area contributed by atoms with Crippen molar-refractivity contribution in [2.24, 2.45) is 11.7 Å². The van der Waals surface area contributed by atoms with Gasteiger partial charge in [-0.05, 0) is 12.8 Å². The highest BCUT2D eigenvalue weighted by atomic mass is 16.5. The zero-order valence-electron chi connectivity index (χ0n) is 7.46. The summed E-state index contributed by atoms with van der Waals surface area (Å²) in [5, 5.41) is 0. The van der Waals surface area contributed by atoms with Crippen LogP contribution in [0.4, 0.5) is 0 Å². The second kappa shape index (κ2) is 5.27. The molecule has 0 aliphatic heterocycles. The minimum Gasteiger partial charge on any atom is -0.374 e. The molecule has 0 radical (unpaired) electrons. The minimum atomic E-state index is -0.374. The Balaban J connectivity index is 3.64. The zero-order chi connectivity index (χ0) is 8.85. The highest BCUT2D eigenvalue weighted by Crippen LogP contribution is 1.99. The maximum absolute atomic E-state index is 11.1. The Morgan fingerprint density at radius 3 is 2.45 bits per heavy atom. The normalized spacial score (nSPS) is 13.5. The number of ketones is 1. The molecule has 0 spiro atoms. The summed E-state index contributed by atoms with van der Waals surface area (Å²) in [6, 6.07) is -0.374. The van der Waals surface area contributed by atoms with Crippen LogP contribution in [0.3, 0.4) is 0 Å². The fourth-order valence-electron chi connectivity index (χ4n) is 0.671. The Hall–Kier alpha value is -0.410. The van der Waals surface area contributed by atoms with Gasteiger partial charge in [0.15, 0.2) is 5.78 Å². The van der Waals surface area contributed by atoms with Gasteiger partial charge in [0.25, 0.3) is 0 Å². The molecule has 0 bridgehead atoms. The molecule has 0 saturated heterocycles. The van der Waals surface area contributed by atoms with E-state index in [0.29, 0.717) is 6.61 Å². The van der Waals surface area contributed by atoms with E-state index in [9.17, 15) is 4.79 Å². The Kier molecular flexibility index (Phi) is 5.07. The smallest absolute Gasteiger partial charge is 0.175 e. The second-order valence-electron chi connectivity index (χ2n) is 2.87. The summed E-state index contributed by atoms with van der Waals surface area (Å²) in [4.78, 5) is 11.1. The van der Waals surface area contributed by atoms with Crippen molar-refractivity contribution in [2.45, 2.75) is 26.8 Å². The molecule has 3 nitrogen and oxygen atoms in total. The molecule has 3 heteroatoms. The molecule has 0 amide bonds. The van der Waals surface area contributed by atoms with Crippen LogP contribution in [0, 0.1) is 5.92 Å². The lowest BCUT2D eigenvalue weighted by Crippen LogP contribution is -2.37. The Morgan fingerprint density at radius 2 is 2.09 bits per heavy atom. The predicted octanol–water partition coefficient (Wildman–Crippen LogP) is 0.575. The van der Waals surface area contributed by atoms with Crippen LogP contribution in [-0.4, -0.2) is 25.0 Å². The average Bonchev–Trinajstić information content (AvgIpc) is 1.98. The summed E-state index contributed by atoms with van der Waals surface area (Å²) >= 11 is 0. The van der Waals surface area contributed by atoms with Crippen molar-refractivity contribution in [1.29, 1.82) is 0 Å². The Labute approximate surface area is 67.9 Å². The van der Waals surface area contributed by atoms with E-state index in [-0.39, 0.29) is 24.3 Å². The predicted molar refractivity (Wildman–Crippen MR) is 44.3 cm³/mol. The number of rotatable bonds is 5. The van der Waals surface area contributed by atoms with E-state index < -0.39 is 0 Å². The standard InChI is InChI=1S/C8H17NO2/c1-4-11-5-7(10)8(9)6(2)3/h6,8H,4-5,9H2,1-3H3/t8-/m1/s1. The van der Waals surface area contributed by atoms with Gasteiger partial charge < -0.3 is 10.5 Å². The lowest BCUT2D eigenvalue weighted by molar-refractivity contribution is -0.125. The number of Topliss-reactive ketones (excluding diaryl/α,β-unsaturated/α-hetero) is 1. The summed E-state index contributed by atoms with van der Waals surface area (Å²) in [5.74, 6) is 0.185. The van der Waals surface area contributed by atoms with Crippen molar-refractivity contribution in [3.05, 3.63) is 0 Å². The van der Waals surface area contributed by atoms with E-state index in [1.165, 1.54) is 0 Å². The number of ether oxygens (including phenoxy) is 1. The van der Waals surface area contributed by atoms with Crippen molar-refractivity contribution < 1.29 is 9.53 Å². The lowest BCUT2D eigenvalue weighted by Gasteiger charge is -2.13. The third-order valence-corrected chi connectivity index (χ3v) is 1.54. The molecule has 11 heavy (non-hydrogen) atoms. The van der Waals surface area contributed by atoms with Crippen LogP contribution >= 0.6 is 0 Å². The van der Waals surface area contributed by atoms with Crippen LogP contribution in [0.15, 0.2) is 0 Å². The molecule has 0 aromatic heterocycles. The van der Waals surface area contributed by atoms with Gasteiger partial charge in [-0.25, -0.2) is 0 Å². The molecule has 66 valence electrons. The second-order valence-corrected chi connectivity index (χ2v) is 2.87. The number of carbonyl (C=O) groups is 1. The van der Waals surface area contributed by atoms with Crippen LogP contribution in [0.25, 0.3) is 0 Å². The summed E-state index contributed by atoms with van der Waals surface area (Å²) in [7, 11) is 0. The third-order valence-electron chi connectivity index (χ3n) is 1.54. The van der Waals surface area contributed by atoms with E-state index in [4.69, 9.17) is 10.5 Å². The van der Waals surface area contributed by atoms with Gasteiger partial charge in [-0.15, -0.1) is 0 Å². The number of hydrogen-bond acceptors (Lipinski definition) is 3. The summed E-state index contributed by atoms with van der Waals surface area (Å²) < 4.78 is 4.94.